The molecule has 1 rings (SSSR count). The van der Waals surface area contributed by atoms with Gasteiger partial charge in [-0.3, -0.25) is 0 Å². The van der Waals surface area contributed by atoms with Gasteiger partial charge in [0, 0.05) is 11.8 Å². The standard InChI is InChI=1S/C9H9BrF2O3S/c1-16(14,15)4-7(13)5-2-3-6(11)8(10)9(5)12/h2-3,7,13H,4H2,1H3. The molecule has 7 heteroatoms. The lowest BCUT2D eigenvalue weighted by atomic mass is 10.1. The third-order valence-corrected chi connectivity index (χ3v) is 3.53. The minimum atomic E-state index is -3.44. The summed E-state index contributed by atoms with van der Waals surface area (Å²) < 4.78 is 47.7. The highest BCUT2D eigenvalue weighted by Crippen LogP contribution is 2.27. The number of sulfone groups is 1. The van der Waals surface area contributed by atoms with Crippen LogP contribution in [0, 0.1) is 11.6 Å². The number of rotatable bonds is 3. The van der Waals surface area contributed by atoms with Gasteiger partial charge in [-0.25, -0.2) is 17.2 Å². The lowest BCUT2D eigenvalue weighted by molar-refractivity contribution is 0.196. The van der Waals surface area contributed by atoms with Gasteiger partial charge in [-0.05, 0) is 22.0 Å². The normalized spacial score (nSPS) is 13.8. The number of aliphatic hydroxyl groups is 1. The van der Waals surface area contributed by atoms with E-state index in [1.807, 2.05) is 0 Å². The van der Waals surface area contributed by atoms with Crippen molar-refractivity contribution in [2.75, 3.05) is 12.0 Å². The number of hydrogen-bond acceptors (Lipinski definition) is 3. The van der Waals surface area contributed by atoms with Crippen LogP contribution in [-0.2, 0) is 9.84 Å². The summed E-state index contributed by atoms with van der Waals surface area (Å²) in [5.41, 5.74) is -0.251. The molecular formula is C9H9BrF2O3S. The molecule has 0 bridgehead atoms. The van der Waals surface area contributed by atoms with Crippen LogP contribution >= 0.6 is 15.9 Å². The molecule has 0 aliphatic carbocycles. The molecule has 0 aliphatic heterocycles. The molecule has 16 heavy (non-hydrogen) atoms. The third-order valence-electron chi connectivity index (χ3n) is 1.88. The van der Waals surface area contributed by atoms with E-state index in [4.69, 9.17) is 0 Å². The maximum Gasteiger partial charge on any atom is 0.150 e. The monoisotopic (exact) mass is 314 g/mol. The first-order chi connectivity index (χ1) is 7.22. The number of hydrogen-bond donors (Lipinski definition) is 1. The Morgan fingerprint density at radius 3 is 2.50 bits per heavy atom. The first-order valence-corrected chi connectivity index (χ1v) is 7.07. The van der Waals surface area contributed by atoms with Crippen LogP contribution in [0.15, 0.2) is 16.6 Å². The Hall–Kier alpha value is -0.530. The smallest absolute Gasteiger partial charge is 0.150 e. The van der Waals surface area contributed by atoms with Gasteiger partial charge in [-0.15, -0.1) is 0 Å². The lowest BCUT2D eigenvalue weighted by Crippen LogP contribution is -2.14. The minimum absolute atomic E-state index is 0.251. The molecule has 3 nitrogen and oxygen atoms in total. The van der Waals surface area contributed by atoms with E-state index in [1.165, 1.54) is 0 Å². The number of aliphatic hydroxyl groups excluding tert-OH is 1. The van der Waals surface area contributed by atoms with Crippen molar-refractivity contribution in [3.8, 4) is 0 Å². The number of halogens is 3. The Bertz CT molecular complexity index is 502. The van der Waals surface area contributed by atoms with Crippen molar-refractivity contribution in [3.05, 3.63) is 33.8 Å². The zero-order valence-corrected chi connectivity index (χ0v) is 10.6. The van der Waals surface area contributed by atoms with Crippen LogP contribution in [0.5, 0.6) is 0 Å². The fourth-order valence-electron chi connectivity index (χ4n) is 1.17. The SMILES string of the molecule is CS(=O)(=O)CC(O)c1ccc(F)c(Br)c1F. The molecule has 90 valence electrons. The van der Waals surface area contributed by atoms with E-state index >= 15 is 0 Å². The van der Waals surface area contributed by atoms with E-state index < -0.39 is 37.8 Å². The summed E-state index contributed by atoms with van der Waals surface area (Å²) >= 11 is 2.67. The van der Waals surface area contributed by atoms with Crippen molar-refractivity contribution >= 4 is 25.8 Å². The molecular weight excluding hydrogens is 306 g/mol. The average molecular weight is 315 g/mol. The fourth-order valence-corrected chi connectivity index (χ4v) is 2.29. The van der Waals surface area contributed by atoms with Crippen LogP contribution in [0.1, 0.15) is 11.7 Å². The molecule has 1 aromatic rings. The van der Waals surface area contributed by atoms with E-state index in [2.05, 4.69) is 15.9 Å². The van der Waals surface area contributed by atoms with E-state index in [-0.39, 0.29) is 5.56 Å². The van der Waals surface area contributed by atoms with Gasteiger partial charge in [0.2, 0.25) is 0 Å². The molecule has 0 aliphatic rings. The Kier molecular flexibility index (Phi) is 4.03. The van der Waals surface area contributed by atoms with Crippen LogP contribution in [0.25, 0.3) is 0 Å². The topological polar surface area (TPSA) is 54.4 Å². The molecule has 0 saturated heterocycles. The largest absolute Gasteiger partial charge is 0.387 e. The predicted octanol–water partition coefficient (Wildman–Crippen LogP) is 1.81. The summed E-state index contributed by atoms with van der Waals surface area (Å²) in [6.45, 7) is 0. The molecule has 0 heterocycles. The Balaban J connectivity index is 3.10. The van der Waals surface area contributed by atoms with Crippen molar-refractivity contribution in [1.82, 2.24) is 0 Å². The van der Waals surface area contributed by atoms with Crippen LogP contribution < -0.4 is 0 Å². The van der Waals surface area contributed by atoms with Crippen molar-refractivity contribution in [1.29, 1.82) is 0 Å². The number of benzene rings is 1. The van der Waals surface area contributed by atoms with Crippen molar-refractivity contribution in [2.24, 2.45) is 0 Å². The molecule has 0 saturated carbocycles. The van der Waals surface area contributed by atoms with Crippen molar-refractivity contribution < 1.29 is 22.3 Å². The summed E-state index contributed by atoms with van der Waals surface area (Å²) in [6.07, 6.45) is -0.584. The van der Waals surface area contributed by atoms with Crippen LogP contribution in [0.4, 0.5) is 8.78 Å². The van der Waals surface area contributed by atoms with Gasteiger partial charge in [-0.1, -0.05) is 6.07 Å². The van der Waals surface area contributed by atoms with Crippen LogP contribution in [0.2, 0.25) is 0 Å². The zero-order chi connectivity index (χ0) is 12.5. The fraction of sp³-hybridized carbons (Fsp3) is 0.333. The maximum absolute atomic E-state index is 13.4. The second-order valence-corrected chi connectivity index (χ2v) is 6.35. The van der Waals surface area contributed by atoms with Gasteiger partial charge in [0.25, 0.3) is 0 Å². The summed E-state index contributed by atoms with van der Waals surface area (Å²) in [5, 5.41) is 9.49. The van der Waals surface area contributed by atoms with E-state index in [0.29, 0.717) is 0 Å². The van der Waals surface area contributed by atoms with Gasteiger partial charge in [0.05, 0.1) is 16.3 Å². The summed E-state index contributed by atoms with van der Waals surface area (Å²) in [6, 6.07) is 1.97. The lowest BCUT2D eigenvalue weighted by Gasteiger charge is -2.11. The molecule has 1 unspecified atom stereocenters. The highest BCUT2D eigenvalue weighted by Gasteiger charge is 2.20. The minimum Gasteiger partial charge on any atom is -0.387 e. The highest BCUT2D eigenvalue weighted by molar-refractivity contribution is 9.10. The van der Waals surface area contributed by atoms with Gasteiger partial charge in [0.15, 0.2) is 0 Å². The van der Waals surface area contributed by atoms with Crippen molar-refractivity contribution in [3.63, 3.8) is 0 Å². The van der Waals surface area contributed by atoms with E-state index in [1.54, 1.807) is 0 Å². The van der Waals surface area contributed by atoms with Gasteiger partial charge in [0.1, 0.15) is 21.5 Å². The highest BCUT2D eigenvalue weighted by atomic mass is 79.9. The third kappa shape index (κ3) is 3.23. The molecule has 0 radical (unpaired) electrons. The first kappa shape index (κ1) is 13.5. The average Bonchev–Trinajstić information content (AvgIpc) is 2.11. The van der Waals surface area contributed by atoms with Gasteiger partial charge >= 0.3 is 0 Å². The summed E-state index contributed by atoms with van der Waals surface area (Å²) in [7, 11) is -3.44. The van der Waals surface area contributed by atoms with Gasteiger partial charge < -0.3 is 5.11 Å². The summed E-state index contributed by atoms with van der Waals surface area (Å²) in [4.78, 5) is 0. The second kappa shape index (κ2) is 4.77. The second-order valence-electron chi connectivity index (χ2n) is 3.37. The molecule has 1 atom stereocenters. The Labute approximate surface area is 100 Å². The molecule has 1 N–H and O–H groups in total. The van der Waals surface area contributed by atoms with E-state index in [9.17, 15) is 22.3 Å². The van der Waals surface area contributed by atoms with Crippen molar-refractivity contribution in [2.45, 2.75) is 6.10 Å². The first-order valence-electron chi connectivity index (χ1n) is 4.21. The molecule has 0 amide bonds. The van der Waals surface area contributed by atoms with Crippen LogP contribution in [0.3, 0.4) is 0 Å². The zero-order valence-electron chi connectivity index (χ0n) is 8.25. The predicted molar refractivity (Wildman–Crippen MR) is 58.7 cm³/mol. The van der Waals surface area contributed by atoms with Gasteiger partial charge in [-0.2, -0.15) is 0 Å². The molecule has 0 spiro atoms. The summed E-state index contributed by atoms with van der Waals surface area (Å²) in [5.74, 6) is -2.41. The molecule has 0 fully saturated rings. The Morgan fingerprint density at radius 1 is 1.44 bits per heavy atom. The van der Waals surface area contributed by atoms with Crippen LogP contribution in [-0.4, -0.2) is 25.5 Å². The maximum atomic E-state index is 13.4. The quantitative estimate of drug-likeness (QED) is 0.866. The van der Waals surface area contributed by atoms with E-state index in [0.717, 1.165) is 18.4 Å². The molecule has 1 aromatic carbocycles. The molecule has 0 aromatic heterocycles. The Morgan fingerprint density at radius 2 is 2.00 bits per heavy atom.